The minimum Gasteiger partial charge on any atom is -0.392 e. The first-order valence-corrected chi connectivity index (χ1v) is 4.58. The normalized spacial score (nSPS) is 12.4. The standard InChI is InChI=1S/C10H12F3N3/c1-14-6-9(15-2)8-5-7(3-4-16-8)10(11,12)13/h3-6,14-15H,1-2H3/b9-6-. The fourth-order valence-corrected chi connectivity index (χ4v) is 1.17. The van der Waals surface area contributed by atoms with Crippen molar-refractivity contribution in [2.24, 2.45) is 0 Å². The Kier molecular flexibility index (Phi) is 3.76. The number of nitrogens with one attached hydrogen (secondary N) is 2. The van der Waals surface area contributed by atoms with Crippen LogP contribution in [0.15, 0.2) is 24.5 Å². The second-order valence-corrected chi connectivity index (χ2v) is 3.02. The molecule has 1 aromatic rings. The van der Waals surface area contributed by atoms with E-state index in [2.05, 4.69) is 15.6 Å². The predicted molar refractivity (Wildman–Crippen MR) is 55.3 cm³/mol. The van der Waals surface area contributed by atoms with Crippen LogP contribution in [0.25, 0.3) is 5.70 Å². The predicted octanol–water partition coefficient (Wildman–Crippen LogP) is 1.84. The molecule has 88 valence electrons. The van der Waals surface area contributed by atoms with Gasteiger partial charge in [0.2, 0.25) is 0 Å². The van der Waals surface area contributed by atoms with Crippen molar-refractivity contribution in [1.29, 1.82) is 0 Å². The van der Waals surface area contributed by atoms with E-state index in [1.165, 1.54) is 0 Å². The second-order valence-electron chi connectivity index (χ2n) is 3.02. The van der Waals surface area contributed by atoms with Crippen LogP contribution >= 0.6 is 0 Å². The molecule has 0 radical (unpaired) electrons. The molecular formula is C10H12F3N3. The van der Waals surface area contributed by atoms with Crippen molar-refractivity contribution in [1.82, 2.24) is 15.6 Å². The van der Waals surface area contributed by atoms with E-state index in [0.29, 0.717) is 5.70 Å². The molecule has 0 unspecified atom stereocenters. The van der Waals surface area contributed by atoms with Crippen molar-refractivity contribution in [3.05, 3.63) is 35.8 Å². The minimum absolute atomic E-state index is 0.242. The van der Waals surface area contributed by atoms with Crippen molar-refractivity contribution in [3.63, 3.8) is 0 Å². The minimum atomic E-state index is -4.35. The van der Waals surface area contributed by atoms with Gasteiger partial charge in [-0.3, -0.25) is 4.98 Å². The number of nitrogens with zero attached hydrogens (tertiary/aromatic N) is 1. The zero-order valence-electron chi connectivity index (χ0n) is 8.89. The van der Waals surface area contributed by atoms with E-state index in [9.17, 15) is 13.2 Å². The van der Waals surface area contributed by atoms with Crippen LogP contribution in [-0.2, 0) is 6.18 Å². The van der Waals surface area contributed by atoms with Gasteiger partial charge in [0.15, 0.2) is 0 Å². The van der Waals surface area contributed by atoms with Gasteiger partial charge in [-0.15, -0.1) is 0 Å². The molecule has 0 atom stereocenters. The van der Waals surface area contributed by atoms with Crippen LogP contribution in [0.3, 0.4) is 0 Å². The maximum Gasteiger partial charge on any atom is 0.416 e. The Labute approximate surface area is 91.4 Å². The highest BCUT2D eigenvalue weighted by atomic mass is 19.4. The molecule has 0 aliphatic heterocycles. The zero-order valence-corrected chi connectivity index (χ0v) is 8.89. The van der Waals surface area contributed by atoms with Crippen molar-refractivity contribution in [2.75, 3.05) is 14.1 Å². The number of pyridine rings is 1. The Morgan fingerprint density at radius 2 is 2.06 bits per heavy atom. The van der Waals surface area contributed by atoms with Crippen molar-refractivity contribution >= 4 is 5.70 Å². The SMILES string of the molecule is CN/C=C(\NC)c1cc(C(F)(F)F)ccn1. The molecule has 0 bridgehead atoms. The molecule has 3 nitrogen and oxygen atoms in total. The summed E-state index contributed by atoms with van der Waals surface area (Å²) in [5.74, 6) is 0. The summed E-state index contributed by atoms with van der Waals surface area (Å²) in [6, 6.07) is 1.94. The molecule has 0 spiro atoms. The van der Waals surface area contributed by atoms with Gasteiger partial charge >= 0.3 is 6.18 Å². The van der Waals surface area contributed by atoms with E-state index in [0.717, 1.165) is 18.3 Å². The summed E-state index contributed by atoms with van der Waals surface area (Å²) in [7, 11) is 3.27. The van der Waals surface area contributed by atoms with E-state index < -0.39 is 11.7 Å². The third-order valence-corrected chi connectivity index (χ3v) is 1.92. The van der Waals surface area contributed by atoms with Crippen molar-refractivity contribution in [3.8, 4) is 0 Å². The lowest BCUT2D eigenvalue weighted by atomic mass is 10.2. The smallest absolute Gasteiger partial charge is 0.392 e. The van der Waals surface area contributed by atoms with Gasteiger partial charge in [-0.2, -0.15) is 13.2 Å². The summed E-state index contributed by atoms with van der Waals surface area (Å²) in [5, 5.41) is 5.50. The summed E-state index contributed by atoms with van der Waals surface area (Å²) >= 11 is 0. The van der Waals surface area contributed by atoms with Gasteiger partial charge in [-0.05, 0) is 12.1 Å². The number of aromatic nitrogens is 1. The highest BCUT2D eigenvalue weighted by Gasteiger charge is 2.30. The van der Waals surface area contributed by atoms with Crippen LogP contribution in [-0.4, -0.2) is 19.1 Å². The van der Waals surface area contributed by atoms with Gasteiger partial charge in [0.05, 0.1) is 17.0 Å². The maximum absolute atomic E-state index is 12.4. The number of hydrogen-bond donors (Lipinski definition) is 2. The summed E-state index contributed by atoms with van der Waals surface area (Å²) in [4.78, 5) is 3.87. The van der Waals surface area contributed by atoms with E-state index in [4.69, 9.17) is 0 Å². The number of hydrogen-bond acceptors (Lipinski definition) is 3. The largest absolute Gasteiger partial charge is 0.416 e. The van der Waals surface area contributed by atoms with Crippen LogP contribution in [0.1, 0.15) is 11.3 Å². The molecule has 0 aromatic carbocycles. The van der Waals surface area contributed by atoms with Gasteiger partial charge in [0.1, 0.15) is 0 Å². The van der Waals surface area contributed by atoms with Crippen molar-refractivity contribution in [2.45, 2.75) is 6.18 Å². The van der Waals surface area contributed by atoms with Crippen molar-refractivity contribution < 1.29 is 13.2 Å². The summed E-state index contributed by atoms with van der Waals surface area (Å²) in [6.45, 7) is 0. The van der Waals surface area contributed by atoms with Gasteiger partial charge in [-0.25, -0.2) is 0 Å². The van der Waals surface area contributed by atoms with Gasteiger partial charge in [0.25, 0.3) is 0 Å². The number of halogens is 3. The molecule has 1 heterocycles. The highest BCUT2D eigenvalue weighted by molar-refractivity contribution is 5.60. The summed E-state index contributed by atoms with van der Waals surface area (Å²) < 4.78 is 37.3. The van der Waals surface area contributed by atoms with Gasteiger partial charge < -0.3 is 10.6 Å². The molecule has 16 heavy (non-hydrogen) atoms. The molecular weight excluding hydrogens is 219 g/mol. The molecule has 0 saturated carbocycles. The average molecular weight is 231 g/mol. The molecule has 0 saturated heterocycles. The maximum atomic E-state index is 12.4. The lowest BCUT2D eigenvalue weighted by molar-refractivity contribution is -0.137. The first-order chi connectivity index (χ1) is 7.49. The molecule has 2 N–H and O–H groups in total. The Hall–Kier alpha value is -1.72. The monoisotopic (exact) mass is 231 g/mol. The van der Waals surface area contributed by atoms with Crippen LogP contribution < -0.4 is 10.6 Å². The van der Waals surface area contributed by atoms with E-state index in [1.807, 2.05) is 0 Å². The van der Waals surface area contributed by atoms with E-state index in [-0.39, 0.29) is 5.69 Å². The summed E-state index contributed by atoms with van der Waals surface area (Å²) in [6.07, 6.45) is -1.67. The molecule has 1 aromatic heterocycles. The van der Waals surface area contributed by atoms with E-state index >= 15 is 0 Å². The fraction of sp³-hybridized carbons (Fsp3) is 0.300. The third-order valence-electron chi connectivity index (χ3n) is 1.92. The lowest BCUT2D eigenvalue weighted by Gasteiger charge is -2.10. The lowest BCUT2D eigenvalue weighted by Crippen LogP contribution is -2.12. The molecule has 6 heteroatoms. The Balaban J connectivity index is 3.12. The average Bonchev–Trinajstić information content (AvgIpc) is 2.25. The Bertz CT molecular complexity index is 385. The first-order valence-electron chi connectivity index (χ1n) is 4.58. The third kappa shape index (κ3) is 2.88. The van der Waals surface area contributed by atoms with Crippen LogP contribution in [0.2, 0.25) is 0 Å². The number of alkyl halides is 3. The summed E-state index contributed by atoms with van der Waals surface area (Å²) in [5.41, 5.74) is 0.0232. The Morgan fingerprint density at radius 3 is 2.56 bits per heavy atom. The van der Waals surface area contributed by atoms with Crippen LogP contribution in [0.5, 0.6) is 0 Å². The molecule has 0 amide bonds. The van der Waals surface area contributed by atoms with Crippen LogP contribution in [0.4, 0.5) is 13.2 Å². The Morgan fingerprint density at radius 1 is 1.38 bits per heavy atom. The quantitative estimate of drug-likeness (QED) is 0.833. The van der Waals surface area contributed by atoms with Gasteiger partial charge in [-0.1, -0.05) is 0 Å². The molecule has 1 rings (SSSR count). The van der Waals surface area contributed by atoms with Crippen LogP contribution in [0, 0.1) is 0 Å². The molecule has 0 aliphatic rings. The molecule has 0 aliphatic carbocycles. The fourth-order valence-electron chi connectivity index (χ4n) is 1.17. The number of rotatable bonds is 3. The molecule has 0 fully saturated rings. The first kappa shape index (κ1) is 12.4. The van der Waals surface area contributed by atoms with Gasteiger partial charge in [0, 0.05) is 26.5 Å². The van der Waals surface area contributed by atoms with E-state index in [1.54, 1.807) is 20.3 Å². The second kappa shape index (κ2) is 4.87. The zero-order chi connectivity index (χ0) is 12.2. The highest BCUT2D eigenvalue weighted by Crippen LogP contribution is 2.29. The topological polar surface area (TPSA) is 37.0 Å².